The summed E-state index contributed by atoms with van der Waals surface area (Å²) in [6, 6.07) is 4.55. The number of carboxylic acid groups (broad SMARTS) is 1. The Morgan fingerprint density at radius 1 is 1.47 bits per heavy atom. The highest BCUT2D eigenvalue weighted by molar-refractivity contribution is 7.92. The fraction of sp³-hybridized carbons (Fsp3) is 0.417. The van der Waals surface area contributed by atoms with E-state index in [1.807, 2.05) is 0 Å². The third-order valence-corrected chi connectivity index (χ3v) is 5.56. The summed E-state index contributed by atoms with van der Waals surface area (Å²) in [6.45, 7) is 0.297. The Bertz CT molecular complexity index is 598. The van der Waals surface area contributed by atoms with Crippen molar-refractivity contribution in [1.82, 2.24) is 0 Å². The Morgan fingerprint density at radius 2 is 2.21 bits per heavy atom. The van der Waals surface area contributed by atoms with E-state index in [2.05, 4.69) is 5.32 Å². The van der Waals surface area contributed by atoms with Crippen molar-refractivity contribution >= 4 is 27.2 Å². The third kappa shape index (κ3) is 2.98. The lowest BCUT2D eigenvalue weighted by molar-refractivity contribution is 0.0698. The average Bonchev–Trinajstić information content (AvgIpc) is 2.67. The van der Waals surface area contributed by atoms with Crippen LogP contribution in [-0.2, 0) is 9.84 Å². The number of anilines is 2. The number of hydrogen-bond acceptors (Lipinski definition) is 5. The van der Waals surface area contributed by atoms with Gasteiger partial charge in [0, 0.05) is 17.9 Å². The molecule has 0 aliphatic carbocycles. The molecule has 0 aromatic heterocycles. The Morgan fingerprint density at radius 3 is 2.79 bits per heavy atom. The van der Waals surface area contributed by atoms with Gasteiger partial charge in [0.25, 0.3) is 0 Å². The number of carbonyl (C=O) groups is 1. The third-order valence-electron chi connectivity index (χ3n) is 3.28. The van der Waals surface area contributed by atoms with Gasteiger partial charge in [0.05, 0.1) is 16.6 Å². The van der Waals surface area contributed by atoms with Gasteiger partial charge in [-0.05, 0) is 31.0 Å². The Hall–Kier alpha value is -1.76. The number of hydrogen-bond donors (Lipinski definition) is 3. The van der Waals surface area contributed by atoms with Crippen LogP contribution in [0, 0.1) is 0 Å². The predicted octanol–water partition coefficient (Wildman–Crippen LogP) is 0.956. The molecule has 1 unspecified atom stereocenters. The van der Waals surface area contributed by atoms with E-state index in [9.17, 15) is 13.2 Å². The molecule has 1 aliphatic heterocycles. The van der Waals surface area contributed by atoms with Crippen LogP contribution in [0.3, 0.4) is 0 Å². The predicted molar refractivity (Wildman–Crippen MR) is 73.1 cm³/mol. The smallest absolute Gasteiger partial charge is 0.337 e. The summed E-state index contributed by atoms with van der Waals surface area (Å²) in [7, 11) is -3.00. The molecule has 1 saturated heterocycles. The fourth-order valence-corrected chi connectivity index (χ4v) is 3.94. The molecule has 1 aromatic rings. The maximum absolute atomic E-state index is 11.7. The molecule has 104 valence electrons. The number of sulfone groups is 1. The standard InChI is InChI=1S/C12H16N2O4S/c13-11-4-3-8(6-10(11)12(15)16)14-7-9-2-1-5-19(9,17)18/h3-4,6,9,14H,1-2,5,7,13H2,(H,15,16). The molecule has 1 fully saturated rings. The van der Waals surface area contributed by atoms with Gasteiger partial charge >= 0.3 is 5.97 Å². The first-order chi connectivity index (χ1) is 8.90. The van der Waals surface area contributed by atoms with E-state index in [1.165, 1.54) is 12.1 Å². The van der Waals surface area contributed by atoms with Gasteiger partial charge in [0.15, 0.2) is 9.84 Å². The second-order valence-corrected chi connectivity index (χ2v) is 7.02. The molecule has 1 heterocycles. The van der Waals surface area contributed by atoms with Crippen LogP contribution in [0.4, 0.5) is 11.4 Å². The molecule has 0 bridgehead atoms. The van der Waals surface area contributed by atoms with E-state index < -0.39 is 21.1 Å². The van der Waals surface area contributed by atoms with Crippen LogP contribution >= 0.6 is 0 Å². The van der Waals surface area contributed by atoms with Crippen LogP contribution in [0.1, 0.15) is 23.2 Å². The van der Waals surface area contributed by atoms with Crippen LogP contribution in [0.2, 0.25) is 0 Å². The molecule has 19 heavy (non-hydrogen) atoms. The van der Waals surface area contributed by atoms with Gasteiger partial charge in [-0.2, -0.15) is 0 Å². The van der Waals surface area contributed by atoms with Crippen LogP contribution in [0.15, 0.2) is 18.2 Å². The number of carboxylic acids is 1. The molecule has 2 rings (SSSR count). The fourth-order valence-electron chi connectivity index (χ4n) is 2.17. The lowest BCUT2D eigenvalue weighted by Crippen LogP contribution is -2.25. The number of nitrogens with two attached hydrogens (primary N) is 1. The number of aromatic carboxylic acids is 1. The summed E-state index contributed by atoms with van der Waals surface area (Å²) < 4.78 is 23.3. The van der Waals surface area contributed by atoms with Gasteiger partial charge in [-0.3, -0.25) is 0 Å². The molecular weight excluding hydrogens is 268 g/mol. The normalized spacial score (nSPS) is 21.2. The van der Waals surface area contributed by atoms with Gasteiger partial charge < -0.3 is 16.2 Å². The minimum Gasteiger partial charge on any atom is -0.478 e. The molecule has 1 atom stereocenters. The number of nitrogen functional groups attached to an aromatic ring is 1. The van der Waals surface area contributed by atoms with Crippen LogP contribution in [-0.4, -0.2) is 37.0 Å². The van der Waals surface area contributed by atoms with Gasteiger partial charge in [0.1, 0.15) is 0 Å². The molecule has 1 aliphatic rings. The van der Waals surface area contributed by atoms with Crippen LogP contribution in [0.5, 0.6) is 0 Å². The van der Waals surface area contributed by atoms with E-state index in [1.54, 1.807) is 6.07 Å². The van der Waals surface area contributed by atoms with Crippen molar-refractivity contribution in [3.05, 3.63) is 23.8 Å². The highest BCUT2D eigenvalue weighted by Crippen LogP contribution is 2.22. The summed E-state index contributed by atoms with van der Waals surface area (Å²) in [5.41, 5.74) is 6.31. The largest absolute Gasteiger partial charge is 0.478 e. The molecule has 0 saturated carbocycles. The molecule has 0 radical (unpaired) electrons. The van der Waals surface area contributed by atoms with Crippen LogP contribution < -0.4 is 11.1 Å². The maximum Gasteiger partial charge on any atom is 0.337 e. The Balaban J connectivity index is 2.08. The molecular formula is C12H16N2O4S. The highest BCUT2D eigenvalue weighted by Gasteiger charge is 2.30. The minimum atomic E-state index is -3.00. The molecule has 6 nitrogen and oxygen atoms in total. The first kappa shape index (κ1) is 13.7. The van der Waals surface area contributed by atoms with Crippen molar-refractivity contribution in [2.75, 3.05) is 23.3 Å². The van der Waals surface area contributed by atoms with E-state index in [-0.39, 0.29) is 17.0 Å². The second kappa shape index (κ2) is 5.08. The van der Waals surface area contributed by atoms with Gasteiger partial charge in [-0.25, -0.2) is 13.2 Å². The molecule has 0 spiro atoms. The van der Waals surface area contributed by atoms with Gasteiger partial charge in [-0.1, -0.05) is 0 Å². The van der Waals surface area contributed by atoms with Crippen molar-refractivity contribution in [3.63, 3.8) is 0 Å². The van der Waals surface area contributed by atoms with E-state index in [0.29, 0.717) is 25.1 Å². The van der Waals surface area contributed by atoms with Crippen molar-refractivity contribution in [1.29, 1.82) is 0 Å². The Labute approximate surface area is 111 Å². The molecule has 7 heteroatoms. The quantitative estimate of drug-likeness (QED) is 0.710. The van der Waals surface area contributed by atoms with Gasteiger partial charge in [0.2, 0.25) is 0 Å². The van der Waals surface area contributed by atoms with Crippen molar-refractivity contribution < 1.29 is 18.3 Å². The Kier molecular flexibility index (Phi) is 3.66. The van der Waals surface area contributed by atoms with E-state index in [4.69, 9.17) is 10.8 Å². The number of nitrogens with one attached hydrogen (secondary N) is 1. The zero-order chi connectivity index (χ0) is 14.0. The lowest BCUT2D eigenvalue weighted by atomic mass is 10.1. The minimum absolute atomic E-state index is 0.0132. The summed E-state index contributed by atoms with van der Waals surface area (Å²) >= 11 is 0. The second-order valence-electron chi connectivity index (χ2n) is 4.62. The van der Waals surface area contributed by atoms with Crippen LogP contribution in [0.25, 0.3) is 0 Å². The molecule has 4 N–H and O–H groups in total. The van der Waals surface area contributed by atoms with E-state index in [0.717, 1.165) is 0 Å². The zero-order valence-corrected chi connectivity index (χ0v) is 11.1. The first-order valence-electron chi connectivity index (χ1n) is 5.98. The number of benzene rings is 1. The number of rotatable bonds is 4. The first-order valence-corrected chi connectivity index (χ1v) is 7.70. The lowest BCUT2D eigenvalue weighted by Gasteiger charge is -2.12. The summed E-state index contributed by atoms with van der Waals surface area (Å²) in [5.74, 6) is -0.865. The van der Waals surface area contributed by atoms with Crippen molar-refractivity contribution in [2.24, 2.45) is 0 Å². The average molecular weight is 284 g/mol. The summed E-state index contributed by atoms with van der Waals surface area (Å²) in [5, 5.41) is 11.5. The van der Waals surface area contributed by atoms with Gasteiger partial charge in [-0.15, -0.1) is 0 Å². The highest BCUT2D eigenvalue weighted by atomic mass is 32.2. The van der Waals surface area contributed by atoms with Crippen molar-refractivity contribution in [3.8, 4) is 0 Å². The maximum atomic E-state index is 11.7. The summed E-state index contributed by atoms with van der Waals surface area (Å²) in [4.78, 5) is 10.9. The summed E-state index contributed by atoms with van der Waals surface area (Å²) in [6.07, 6.45) is 1.34. The van der Waals surface area contributed by atoms with E-state index >= 15 is 0 Å². The zero-order valence-electron chi connectivity index (χ0n) is 10.3. The van der Waals surface area contributed by atoms with Crippen molar-refractivity contribution in [2.45, 2.75) is 18.1 Å². The molecule has 0 amide bonds. The SMILES string of the molecule is Nc1ccc(NCC2CCCS2(=O)=O)cc1C(=O)O. The monoisotopic (exact) mass is 284 g/mol. The topological polar surface area (TPSA) is 109 Å². The molecule has 1 aromatic carbocycles.